The van der Waals surface area contributed by atoms with E-state index >= 15 is 0 Å². The number of benzene rings is 2. The predicted molar refractivity (Wildman–Crippen MR) is 121 cm³/mol. The van der Waals surface area contributed by atoms with E-state index in [0.717, 1.165) is 33.0 Å². The molecule has 0 aliphatic heterocycles. The highest BCUT2D eigenvalue weighted by Crippen LogP contribution is 2.37. The maximum Gasteiger partial charge on any atom is 0.419 e. The fourth-order valence-electron chi connectivity index (χ4n) is 3.68. The highest BCUT2D eigenvalue weighted by atomic mass is 32.1. The van der Waals surface area contributed by atoms with Crippen LogP contribution in [-0.4, -0.2) is 23.1 Å². The summed E-state index contributed by atoms with van der Waals surface area (Å²) in [5, 5.41) is 2.52. The zero-order valence-electron chi connectivity index (χ0n) is 17.2. The van der Waals surface area contributed by atoms with Crippen molar-refractivity contribution in [3.8, 4) is 16.2 Å². The van der Waals surface area contributed by atoms with Gasteiger partial charge in [-0.2, -0.15) is 13.2 Å². The lowest BCUT2D eigenvalue weighted by atomic mass is 9.99. The van der Waals surface area contributed by atoms with Crippen LogP contribution in [0.4, 0.5) is 18.3 Å². The number of ether oxygens (including phenoxy) is 1. The van der Waals surface area contributed by atoms with E-state index in [2.05, 4.69) is 9.97 Å². The molecule has 0 amide bonds. The van der Waals surface area contributed by atoms with Gasteiger partial charge in [0.25, 0.3) is 0 Å². The molecule has 0 aliphatic rings. The van der Waals surface area contributed by atoms with E-state index in [-0.39, 0.29) is 11.8 Å². The molecule has 2 aromatic carbocycles. The molecule has 9 heteroatoms. The number of hydrogen-bond donors (Lipinski definition) is 2. The third kappa shape index (κ3) is 4.68. The van der Waals surface area contributed by atoms with Gasteiger partial charge in [-0.1, -0.05) is 29.5 Å². The second-order valence-corrected chi connectivity index (χ2v) is 8.50. The zero-order chi connectivity index (χ0) is 22.9. The van der Waals surface area contributed by atoms with Gasteiger partial charge in [-0.15, -0.1) is 0 Å². The zero-order valence-corrected chi connectivity index (χ0v) is 18.0. The van der Waals surface area contributed by atoms with Crippen molar-refractivity contribution in [3.63, 3.8) is 0 Å². The van der Waals surface area contributed by atoms with Crippen LogP contribution in [0.3, 0.4) is 0 Å². The minimum absolute atomic E-state index is 0.217. The molecule has 0 spiro atoms. The first-order valence-electron chi connectivity index (χ1n) is 9.83. The minimum atomic E-state index is -4.48. The highest BCUT2D eigenvalue weighted by molar-refractivity contribution is 7.18. The molecule has 4 rings (SSSR count). The summed E-state index contributed by atoms with van der Waals surface area (Å²) < 4.78 is 44.2. The molecule has 166 valence electrons. The van der Waals surface area contributed by atoms with Crippen LogP contribution in [0.2, 0.25) is 0 Å². The molecule has 0 unspecified atom stereocenters. The number of thiazole rings is 1. The Hall–Kier alpha value is -3.17. The Kier molecular flexibility index (Phi) is 6.03. The lowest BCUT2D eigenvalue weighted by Gasteiger charge is -2.15. The number of anilines is 1. The SMILES string of the molecule is COc1cc(C[C@H](N)Cc2nc(N)sc2-c2ccc3ccncc3c2)ccc1C(F)(F)F. The number of nitrogens with zero attached hydrogens (tertiary/aromatic N) is 2. The lowest BCUT2D eigenvalue weighted by molar-refractivity contribution is -0.138. The lowest BCUT2D eigenvalue weighted by Crippen LogP contribution is -2.26. The first-order chi connectivity index (χ1) is 15.2. The van der Waals surface area contributed by atoms with Crippen LogP contribution in [0.1, 0.15) is 16.8 Å². The quantitative estimate of drug-likeness (QED) is 0.421. The molecule has 2 heterocycles. The van der Waals surface area contributed by atoms with E-state index in [1.165, 1.54) is 30.6 Å². The first kappa shape index (κ1) is 22.0. The van der Waals surface area contributed by atoms with Crippen molar-refractivity contribution in [2.24, 2.45) is 5.73 Å². The number of halogens is 3. The smallest absolute Gasteiger partial charge is 0.419 e. The van der Waals surface area contributed by atoms with Crippen LogP contribution in [0.5, 0.6) is 5.75 Å². The van der Waals surface area contributed by atoms with Crippen LogP contribution in [0.15, 0.2) is 54.9 Å². The Bertz CT molecular complexity index is 1260. The Balaban J connectivity index is 1.56. The number of aromatic nitrogens is 2. The maximum absolute atomic E-state index is 13.1. The number of hydrogen-bond acceptors (Lipinski definition) is 6. The summed E-state index contributed by atoms with van der Waals surface area (Å²) in [6, 6.07) is 11.5. The fourth-order valence-corrected chi connectivity index (χ4v) is 4.54. The van der Waals surface area contributed by atoms with Crippen molar-refractivity contribution >= 4 is 27.2 Å². The third-order valence-corrected chi connectivity index (χ3v) is 6.12. The van der Waals surface area contributed by atoms with Gasteiger partial charge in [0.05, 0.1) is 23.2 Å². The summed E-state index contributed by atoms with van der Waals surface area (Å²) in [6.45, 7) is 0. The average Bonchev–Trinajstić information content (AvgIpc) is 3.12. The van der Waals surface area contributed by atoms with Crippen molar-refractivity contribution in [3.05, 3.63) is 71.7 Å². The van der Waals surface area contributed by atoms with E-state index in [0.29, 0.717) is 23.5 Å². The molecule has 32 heavy (non-hydrogen) atoms. The van der Waals surface area contributed by atoms with Crippen molar-refractivity contribution in [1.82, 2.24) is 9.97 Å². The molecule has 4 N–H and O–H groups in total. The number of alkyl halides is 3. The molecule has 2 aromatic heterocycles. The molecule has 0 aliphatic carbocycles. The Morgan fingerprint density at radius 2 is 1.88 bits per heavy atom. The summed E-state index contributed by atoms with van der Waals surface area (Å²) in [6.07, 6.45) is -0.140. The van der Waals surface area contributed by atoms with E-state index in [4.69, 9.17) is 16.2 Å². The number of nitrogen functional groups attached to an aromatic ring is 1. The van der Waals surface area contributed by atoms with Crippen LogP contribution in [0.25, 0.3) is 21.2 Å². The molecular formula is C23H21F3N4OS. The van der Waals surface area contributed by atoms with Gasteiger partial charge in [-0.05, 0) is 47.2 Å². The number of rotatable bonds is 6. The van der Waals surface area contributed by atoms with Crippen molar-refractivity contribution in [1.29, 1.82) is 0 Å². The van der Waals surface area contributed by atoms with Gasteiger partial charge in [0, 0.05) is 30.2 Å². The molecule has 0 saturated carbocycles. The largest absolute Gasteiger partial charge is 0.496 e. The normalized spacial score (nSPS) is 12.8. The summed E-state index contributed by atoms with van der Waals surface area (Å²) >= 11 is 1.38. The standard InChI is InChI=1S/C23H21F3N4OS/c1-31-20-9-13(2-5-18(20)23(24,25)26)8-17(27)11-19-21(32-22(28)30-19)15-4-3-14-6-7-29-12-16(14)10-15/h2-7,9-10,12,17H,8,11,27H2,1H3,(H2,28,30)/t17-/m0/s1. The number of nitrogens with two attached hydrogens (primary N) is 2. The van der Waals surface area contributed by atoms with Crippen molar-refractivity contribution in [2.45, 2.75) is 25.1 Å². The molecule has 0 radical (unpaired) electrons. The first-order valence-corrected chi connectivity index (χ1v) is 10.7. The predicted octanol–water partition coefficient (Wildman–Crippen LogP) is 5.08. The number of pyridine rings is 1. The maximum atomic E-state index is 13.1. The van der Waals surface area contributed by atoms with Gasteiger partial charge in [0.2, 0.25) is 0 Å². The molecule has 0 fully saturated rings. The topological polar surface area (TPSA) is 87.0 Å². The van der Waals surface area contributed by atoms with Gasteiger partial charge in [-0.25, -0.2) is 4.98 Å². The third-order valence-electron chi connectivity index (χ3n) is 5.14. The van der Waals surface area contributed by atoms with E-state index in [9.17, 15) is 13.2 Å². The second kappa shape index (κ2) is 8.76. The molecular weight excluding hydrogens is 437 g/mol. The van der Waals surface area contributed by atoms with E-state index in [1.54, 1.807) is 12.4 Å². The summed E-state index contributed by atoms with van der Waals surface area (Å²) in [4.78, 5) is 9.55. The number of fused-ring (bicyclic) bond motifs is 1. The van der Waals surface area contributed by atoms with Crippen molar-refractivity contribution in [2.75, 3.05) is 12.8 Å². The van der Waals surface area contributed by atoms with Crippen molar-refractivity contribution < 1.29 is 17.9 Å². The van der Waals surface area contributed by atoms with Gasteiger partial charge >= 0.3 is 6.18 Å². The Labute approximate surface area is 186 Å². The monoisotopic (exact) mass is 458 g/mol. The molecule has 5 nitrogen and oxygen atoms in total. The average molecular weight is 459 g/mol. The fraction of sp³-hybridized carbons (Fsp3) is 0.217. The summed E-state index contributed by atoms with van der Waals surface area (Å²) in [5.74, 6) is -0.217. The van der Waals surface area contributed by atoms with Gasteiger partial charge in [-0.3, -0.25) is 4.98 Å². The minimum Gasteiger partial charge on any atom is -0.496 e. The summed E-state index contributed by atoms with van der Waals surface area (Å²) in [7, 11) is 1.22. The van der Waals surface area contributed by atoms with E-state index < -0.39 is 11.7 Å². The molecule has 0 saturated heterocycles. The van der Waals surface area contributed by atoms with E-state index in [1.807, 2.05) is 24.3 Å². The van der Waals surface area contributed by atoms with Gasteiger partial charge in [0.15, 0.2) is 5.13 Å². The van der Waals surface area contributed by atoms with Gasteiger partial charge < -0.3 is 16.2 Å². The Morgan fingerprint density at radius 1 is 1.06 bits per heavy atom. The van der Waals surface area contributed by atoms with Crippen LogP contribution in [-0.2, 0) is 19.0 Å². The molecule has 0 bridgehead atoms. The van der Waals surface area contributed by atoms with Crippen LogP contribution in [0, 0.1) is 0 Å². The van der Waals surface area contributed by atoms with Crippen LogP contribution >= 0.6 is 11.3 Å². The highest BCUT2D eigenvalue weighted by Gasteiger charge is 2.34. The van der Waals surface area contributed by atoms with Crippen LogP contribution < -0.4 is 16.2 Å². The molecule has 1 atom stereocenters. The Morgan fingerprint density at radius 3 is 2.62 bits per heavy atom. The van der Waals surface area contributed by atoms with Gasteiger partial charge in [0.1, 0.15) is 5.75 Å². The summed E-state index contributed by atoms with van der Waals surface area (Å²) in [5.41, 5.74) is 13.9. The number of methoxy groups -OCH3 is 1. The second-order valence-electron chi connectivity index (χ2n) is 7.47. The molecule has 4 aromatic rings.